The van der Waals surface area contributed by atoms with E-state index >= 15 is 0 Å². The first-order chi connectivity index (χ1) is 12.0. The molecule has 6 nitrogen and oxygen atoms in total. The second kappa shape index (κ2) is 7.14. The van der Waals surface area contributed by atoms with Crippen LogP contribution in [0.1, 0.15) is 11.1 Å². The number of nitrogens with zero attached hydrogens (tertiary/aromatic N) is 2. The van der Waals surface area contributed by atoms with Crippen molar-refractivity contribution in [3.8, 4) is 0 Å². The number of guanidine groups is 1. The Morgan fingerprint density at radius 1 is 1.24 bits per heavy atom. The minimum atomic E-state index is -3.41. The van der Waals surface area contributed by atoms with Crippen LogP contribution in [0.15, 0.2) is 53.5 Å². The smallest absolute Gasteiger partial charge is 0.237 e. The molecule has 3 N–H and O–H groups in total. The summed E-state index contributed by atoms with van der Waals surface area (Å²) in [6.07, 6.45) is 0.746. The van der Waals surface area contributed by atoms with Gasteiger partial charge < -0.3 is 11.1 Å². The highest BCUT2D eigenvalue weighted by atomic mass is 32.2. The summed E-state index contributed by atoms with van der Waals surface area (Å²) in [5.41, 5.74) is 9.62. The summed E-state index contributed by atoms with van der Waals surface area (Å²) >= 11 is 0. The Labute approximate surface area is 148 Å². The Kier molecular flexibility index (Phi) is 4.94. The van der Waals surface area contributed by atoms with E-state index in [0.717, 1.165) is 28.9 Å². The molecule has 0 unspecified atom stereocenters. The molecule has 25 heavy (non-hydrogen) atoms. The first-order valence-electron chi connectivity index (χ1n) is 8.18. The standard InChI is InChI=1S/C18H22N4O2S/c1-14-5-4-7-16(13-14)21-18(19)20-10-12-25(23,24)22-11-9-15-6-2-3-8-17(15)22/h2-8,13H,9-12H2,1H3,(H3,19,20,21). The van der Waals surface area contributed by atoms with E-state index < -0.39 is 10.0 Å². The zero-order valence-corrected chi connectivity index (χ0v) is 15.0. The number of sulfonamides is 1. The Balaban J connectivity index is 1.61. The van der Waals surface area contributed by atoms with Crippen LogP contribution >= 0.6 is 0 Å². The average Bonchev–Trinajstić information content (AvgIpc) is 2.99. The predicted octanol–water partition coefficient (Wildman–Crippen LogP) is 2.11. The maximum absolute atomic E-state index is 12.6. The molecule has 0 radical (unpaired) electrons. The molecule has 0 atom stereocenters. The lowest BCUT2D eigenvalue weighted by atomic mass is 10.2. The van der Waals surface area contributed by atoms with Crippen LogP contribution in [0.25, 0.3) is 0 Å². The fraction of sp³-hybridized carbons (Fsp3) is 0.278. The number of benzene rings is 2. The maximum atomic E-state index is 12.6. The second-order valence-corrected chi connectivity index (χ2v) is 8.04. The van der Waals surface area contributed by atoms with Gasteiger partial charge in [0.25, 0.3) is 0 Å². The first kappa shape index (κ1) is 17.3. The van der Waals surface area contributed by atoms with Crippen molar-refractivity contribution in [2.45, 2.75) is 13.3 Å². The van der Waals surface area contributed by atoms with Gasteiger partial charge in [0, 0.05) is 12.2 Å². The summed E-state index contributed by atoms with van der Waals surface area (Å²) in [7, 11) is -3.41. The third-order valence-corrected chi connectivity index (χ3v) is 5.85. The fourth-order valence-corrected chi connectivity index (χ4v) is 4.29. The van der Waals surface area contributed by atoms with Crippen molar-refractivity contribution in [1.29, 1.82) is 0 Å². The lowest BCUT2D eigenvalue weighted by molar-refractivity contribution is 0.592. The van der Waals surface area contributed by atoms with Gasteiger partial charge in [-0.2, -0.15) is 0 Å². The van der Waals surface area contributed by atoms with Crippen LogP contribution in [-0.4, -0.2) is 33.2 Å². The van der Waals surface area contributed by atoms with Gasteiger partial charge in [0.1, 0.15) is 0 Å². The van der Waals surface area contributed by atoms with Crippen molar-refractivity contribution >= 4 is 27.4 Å². The highest BCUT2D eigenvalue weighted by Gasteiger charge is 2.28. The van der Waals surface area contributed by atoms with Crippen molar-refractivity contribution < 1.29 is 8.42 Å². The monoisotopic (exact) mass is 358 g/mol. The van der Waals surface area contributed by atoms with Gasteiger partial charge in [-0.3, -0.25) is 9.30 Å². The normalized spacial score (nSPS) is 14.4. The molecule has 0 aromatic heterocycles. The summed E-state index contributed by atoms with van der Waals surface area (Å²) in [4.78, 5) is 4.14. The van der Waals surface area contributed by atoms with Crippen LogP contribution in [0, 0.1) is 6.92 Å². The Bertz CT molecular complexity index is 893. The van der Waals surface area contributed by atoms with Crippen molar-refractivity contribution in [2.24, 2.45) is 10.7 Å². The molecule has 1 heterocycles. The summed E-state index contributed by atoms with van der Waals surface area (Å²) in [6, 6.07) is 15.3. The number of para-hydroxylation sites is 1. The Morgan fingerprint density at radius 2 is 2.04 bits per heavy atom. The molecule has 0 spiro atoms. The number of fused-ring (bicyclic) bond motifs is 1. The van der Waals surface area contributed by atoms with E-state index in [1.54, 1.807) is 0 Å². The zero-order valence-electron chi connectivity index (χ0n) is 14.1. The van der Waals surface area contributed by atoms with Crippen LogP contribution in [0.2, 0.25) is 0 Å². The molecule has 0 amide bonds. The largest absolute Gasteiger partial charge is 0.370 e. The van der Waals surface area contributed by atoms with Gasteiger partial charge in [-0.1, -0.05) is 30.3 Å². The number of hydrogen-bond acceptors (Lipinski definition) is 3. The van der Waals surface area contributed by atoms with Gasteiger partial charge in [0.05, 0.1) is 18.0 Å². The number of hydrogen-bond donors (Lipinski definition) is 2. The summed E-state index contributed by atoms with van der Waals surface area (Å²) in [5.74, 6) is 0.139. The quantitative estimate of drug-likeness (QED) is 0.633. The molecule has 1 aliphatic rings. The zero-order chi connectivity index (χ0) is 17.9. The number of nitrogens with two attached hydrogens (primary N) is 1. The third-order valence-electron chi connectivity index (χ3n) is 4.10. The topological polar surface area (TPSA) is 87.8 Å². The number of rotatable bonds is 5. The molecule has 0 fully saturated rings. The van der Waals surface area contributed by atoms with Crippen molar-refractivity contribution in [3.63, 3.8) is 0 Å². The van der Waals surface area contributed by atoms with Crippen LogP contribution < -0.4 is 15.4 Å². The van der Waals surface area contributed by atoms with E-state index in [-0.39, 0.29) is 18.3 Å². The van der Waals surface area contributed by atoms with Gasteiger partial charge in [0.15, 0.2) is 5.96 Å². The molecule has 132 valence electrons. The van der Waals surface area contributed by atoms with E-state index in [4.69, 9.17) is 5.73 Å². The minimum Gasteiger partial charge on any atom is -0.370 e. The van der Waals surface area contributed by atoms with E-state index in [1.165, 1.54) is 4.31 Å². The Hall–Kier alpha value is -2.54. The summed E-state index contributed by atoms with van der Waals surface area (Å²) in [5, 5.41) is 2.97. The van der Waals surface area contributed by atoms with Crippen LogP contribution in [-0.2, 0) is 16.4 Å². The van der Waals surface area contributed by atoms with E-state index in [2.05, 4.69) is 10.3 Å². The molecular weight excluding hydrogens is 336 g/mol. The van der Waals surface area contributed by atoms with E-state index in [1.807, 2.05) is 55.5 Å². The first-order valence-corrected chi connectivity index (χ1v) is 9.78. The lowest BCUT2D eigenvalue weighted by Gasteiger charge is -2.18. The van der Waals surface area contributed by atoms with Gasteiger partial charge >= 0.3 is 0 Å². The fourth-order valence-electron chi connectivity index (χ4n) is 2.90. The minimum absolute atomic E-state index is 0.0719. The highest BCUT2D eigenvalue weighted by molar-refractivity contribution is 7.92. The molecule has 0 bridgehead atoms. The van der Waals surface area contributed by atoms with E-state index in [0.29, 0.717) is 6.54 Å². The van der Waals surface area contributed by atoms with Gasteiger partial charge in [0.2, 0.25) is 10.0 Å². The second-order valence-electron chi connectivity index (χ2n) is 6.03. The van der Waals surface area contributed by atoms with Crippen molar-refractivity contribution in [2.75, 3.05) is 28.5 Å². The van der Waals surface area contributed by atoms with Gasteiger partial charge in [-0.25, -0.2) is 8.42 Å². The van der Waals surface area contributed by atoms with Crippen LogP contribution in [0.4, 0.5) is 11.4 Å². The molecule has 2 aromatic carbocycles. The molecule has 0 saturated carbocycles. The van der Waals surface area contributed by atoms with Gasteiger partial charge in [-0.05, 0) is 42.7 Å². The number of nitrogens with one attached hydrogen (secondary N) is 1. The highest BCUT2D eigenvalue weighted by Crippen LogP contribution is 2.29. The summed E-state index contributed by atoms with van der Waals surface area (Å²) in [6.45, 7) is 2.59. The molecule has 7 heteroatoms. The SMILES string of the molecule is Cc1cccc(NC(N)=NCCS(=O)(=O)N2CCc3ccccc32)c1. The maximum Gasteiger partial charge on any atom is 0.237 e. The molecule has 2 aromatic rings. The number of anilines is 2. The average molecular weight is 358 g/mol. The van der Waals surface area contributed by atoms with E-state index in [9.17, 15) is 8.42 Å². The van der Waals surface area contributed by atoms with Crippen LogP contribution in [0.3, 0.4) is 0 Å². The lowest BCUT2D eigenvalue weighted by Crippen LogP contribution is -2.33. The molecular formula is C18H22N4O2S. The summed E-state index contributed by atoms with van der Waals surface area (Å²) < 4.78 is 26.6. The van der Waals surface area contributed by atoms with Crippen molar-refractivity contribution in [1.82, 2.24) is 0 Å². The molecule has 3 rings (SSSR count). The molecule has 0 saturated heterocycles. The third kappa shape index (κ3) is 4.11. The van der Waals surface area contributed by atoms with Gasteiger partial charge in [-0.15, -0.1) is 0 Å². The molecule has 1 aliphatic heterocycles. The molecule has 0 aliphatic carbocycles. The number of aliphatic imine (C=N–C) groups is 1. The number of aryl methyl sites for hydroxylation is 1. The predicted molar refractivity (Wildman–Crippen MR) is 103 cm³/mol. The van der Waals surface area contributed by atoms with Crippen molar-refractivity contribution in [3.05, 3.63) is 59.7 Å². The Morgan fingerprint density at radius 3 is 2.84 bits per heavy atom. The van der Waals surface area contributed by atoms with Crippen LogP contribution in [0.5, 0.6) is 0 Å².